The zero-order valence-corrected chi connectivity index (χ0v) is 18.0. The molecule has 0 aromatic rings. The van der Waals surface area contributed by atoms with Gasteiger partial charge in [-0.15, -0.1) is 0 Å². The van der Waals surface area contributed by atoms with Gasteiger partial charge < -0.3 is 33.2 Å². The average Bonchev–Trinajstić information content (AvgIpc) is 2.60. The van der Waals surface area contributed by atoms with E-state index in [0.717, 1.165) is 34.6 Å². The quantitative estimate of drug-likeness (QED) is 0.228. The molecule has 0 aliphatic rings. The lowest BCUT2D eigenvalue weighted by molar-refractivity contribution is -0.239. The first-order valence-corrected chi connectivity index (χ1v) is 8.80. The summed E-state index contributed by atoms with van der Waals surface area (Å²) in [5.41, 5.74) is 0. The van der Waals surface area contributed by atoms with Crippen LogP contribution in [0.2, 0.25) is 0 Å². The summed E-state index contributed by atoms with van der Waals surface area (Å²) < 4.78 is 35.9. The Morgan fingerprint density at radius 3 is 1.33 bits per heavy atom. The lowest BCUT2D eigenvalue weighted by atomic mass is 10.0. The number of esters is 5. The minimum Gasteiger partial charge on any atom is -0.462 e. The molecule has 0 rings (SSSR count). The summed E-state index contributed by atoms with van der Waals surface area (Å²) in [5.74, 6) is -3.98. The van der Waals surface area contributed by atoms with Crippen LogP contribution in [-0.2, 0) is 57.1 Å². The molecule has 0 aliphatic carbocycles. The SMILES string of the molecule is COC(OC)[C@H](OC(C)=O)[C@@H](OC(C)=O)[C@@H](OC(C)=O)[C@@H](COC(C)=O)OC(C)=O. The van der Waals surface area contributed by atoms with Crippen molar-refractivity contribution in [1.29, 1.82) is 0 Å². The molecule has 0 aliphatic heterocycles. The molecule has 0 heterocycles. The van der Waals surface area contributed by atoms with E-state index in [4.69, 9.17) is 33.2 Å². The number of carbonyl (C=O) groups excluding carboxylic acids is 5. The molecule has 0 fully saturated rings. The summed E-state index contributed by atoms with van der Waals surface area (Å²) in [6.07, 6.45) is -7.22. The maximum atomic E-state index is 11.8. The molecule has 172 valence electrons. The van der Waals surface area contributed by atoms with Crippen molar-refractivity contribution >= 4 is 29.8 Å². The van der Waals surface area contributed by atoms with Crippen LogP contribution in [0.25, 0.3) is 0 Å². The van der Waals surface area contributed by atoms with Gasteiger partial charge in [-0.1, -0.05) is 0 Å². The third-order valence-electron chi connectivity index (χ3n) is 3.42. The molecule has 0 aromatic heterocycles. The lowest BCUT2D eigenvalue weighted by Gasteiger charge is -2.37. The maximum Gasteiger partial charge on any atom is 0.303 e. The smallest absolute Gasteiger partial charge is 0.303 e. The van der Waals surface area contributed by atoms with E-state index in [2.05, 4.69) is 0 Å². The predicted molar refractivity (Wildman–Crippen MR) is 96.7 cm³/mol. The van der Waals surface area contributed by atoms with Crippen LogP contribution in [-0.4, -0.2) is 81.4 Å². The number of ether oxygens (including phenoxy) is 7. The molecular formula is C18H28O12. The van der Waals surface area contributed by atoms with E-state index in [-0.39, 0.29) is 0 Å². The minimum absolute atomic E-state index is 0.540. The average molecular weight is 436 g/mol. The first-order valence-electron chi connectivity index (χ1n) is 8.80. The van der Waals surface area contributed by atoms with Gasteiger partial charge in [-0.2, -0.15) is 0 Å². The van der Waals surface area contributed by atoms with E-state index >= 15 is 0 Å². The van der Waals surface area contributed by atoms with Gasteiger partial charge in [0.15, 0.2) is 30.7 Å². The molecule has 0 saturated carbocycles. The van der Waals surface area contributed by atoms with Gasteiger partial charge in [-0.3, -0.25) is 24.0 Å². The Hall–Kier alpha value is -2.73. The normalized spacial score (nSPS) is 14.7. The molecule has 0 N–H and O–H groups in total. The molecule has 0 amide bonds. The predicted octanol–water partition coefficient (Wildman–Crippen LogP) is -0.105. The highest BCUT2D eigenvalue weighted by molar-refractivity contribution is 5.69. The Bertz CT molecular complexity index is 612. The van der Waals surface area contributed by atoms with Crippen LogP contribution in [0.15, 0.2) is 0 Å². The second kappa shape index (κ2) is 13.5. The van der Waals surface area contributed by atoms with Crippen molar-refractivity contribution in [2.45, 2.75) is 65.3 Å². The maximum absolute atomic E-state index is 11.8. The monoisotopic (exact) mass is 436 g/mol. The number of hydrogen-bond acceptors (Lipinski definition) is 12. The number of methoxy groups -OCH3 is 2. The molecule has 0 radical (unpaired) electrons. The molecule has 30 heavy (non-hydrogen) atoms. The topological polar surface area (TPSA) is 150 Å². The van der Waals surface area contributed by atoms with Gasteiger partial charge in [0.25, 0.3) is 0 Å². The van der Waals surface area contributed by atoms with E-state index in [0.29, 0.717) is 0 Å². The van der Waals surface area contributed by atoms with Crippen LogP contribution >= 0.6 is 0 Å². The van der Waals surface area contributed by atoms with E-state index in [1.54, 1.807) is 0 Å². The highest BCUT2D eigenvalue weighted by atomic mass is 16.7. The first kappa shape index (κ1) is 27.3. The second-order valence-electron chi connectivity index (χ2n) is 6.01. The summed E-state index contributed by atoms with van der Waals surface area (Å²) in [4.78, 5) is 58.0. The summed E-state index contributed by atoms with van der Waals surface area (Å²) in [6, 6.07) is 0. The van der Waals surface area contributed by atoms with Crippen LogP contribution in [0.5, 0.6) is 0 Å². The molecule has 4 atom stereocenters. The first-order chi connectivity index (χ1) is 13.9. The Morgan fingerprint density at radius 1 is 0.567 bits per heavy atom. The minimum atomic E-state index is -1.56. The van der Waals surface area contributed by atoms with Crippen molar-refractivity contribution in [3.05, 3.63) is 0 Å². The fourth-order valence-electron chi connectivity index (χ4n) is 2.50. The number of carbonyl (C=O) groups is 5. The zero-order valence-electron chi connectivity index (χ0n) is 18.0. The van der Waals surface area contributed by atoms with Gasteiger partial charge in [-0.05, 0) is 0 Å². The zero-order chi connectivity index (χ0) is 23.4. The molecule has 0 spiro atoms. The van der Waals surface area contributed by atoms with Crippen LogP contribution in [0.4, 0.5) is 0 Å². The molecule has 0 saturated heterocycles. The lowest BCUT2D eigenvalue weighted by Crippen LogP contribution is -2.56. The Balaban J connectivity index is 6.37. The Kier molecular flexibility index (Phi) is 12.3. The molecule has 0 bridgehead atoms. The van der Waals surface area contributed by atoms with E-state index in [1.165, 1.54) is 14.2 Å². The van der Waals surface area contributed by atoms with E-state index < -0.39 is 67.2 Å². The third-order valence-corrected chi connectivity index (χ3v) is 3.42. The third kappa shape index (κ3) is 10.2. The van der Waals surface area contributed by atoms with Crippen LogP contribution < -0.4 is 0 Å². The summed E-state index contributed by atoms with van der Waals surface area (Å²) in [5, 5.41) is 0. The van der Waals surface area contributed by atoms with Gasteiger partial charge in [0.05, 0.1) is 0 Å². The van der Waals surface area contributed by atoms with Gasteiger partial charge in [0, 0.05) is 48.8 Å². The molecule has 12 nitrogen and oxygen atoms in total. The van der Waals surface area contributed by atoms with Crippen molar-refractivity contribution in [1.82, 2.24) is 0 Å². The van der Waals surface area contributed by atoms with Crippen LogP contribution in [0.3, 0.4) is 0 Å². The largest absolute Gasteiger partial charge is 0.462 e. The Morgan fingerprint density at radius 2 is 0.967 bits per heavy atom. The second-order valence-corrected chi connectivity index (χ2v) is 6.01. The highest BCUT2D eigenvalue weighted by Crippen LogP contribution is 2.23. The van der Waals surface area contributed by atoms with Gasteiger partial charge in [0.1, 0.15) is 6.61 Å². The highest BCUT2D eigenvalue weighted by Gasteiger charge is 2.47. The standard InChI is InChI=1S/C18H28O12/c1-9(19)26-8-14(27-10(2)20)15(28-11(3)21)16(29-12(4)22)17(30-13(5)23)18(24-6)25-7/h14-18H,8H2,1-7H3/t14-,15+,16+,17-/m1/s1. The molecule has 12 heteroatoms. The number of hydrogen-bond donors (Lipinski definition) is 0. The fourth-order valence-corrected chi connectivity index (χ4v) is 2.50. The Labute approximate surface area is 174 Å². The molecule has 0 aromatic carbocycles. The van der Waals surface area contributed by atoms with Crippen molar-refractivity contribution in [3.8, 4) is 0 Å². The van der Waals surface area contributed by atoms with Crippen molar-refractivity contribution in [2.75, 3.05) is 20.8 Å². The van der Waals surface area contributed by atoms with Crippen LogP contribution in [0, 0.1) is 0 Å². The van der Waals surface area contributed by atoms with Crippen molar-refractivity contribution in [2.24, 2.45) is 0 Å². The van der Waals surface area contributed by atoms with Crippen molar-refractivity contribution < 1.29 is 57.1 Å². The van der Waals surface area contributed by atoms with Gasteiger partial charge >= 0.3 is 29.8 Å². The summed E-state index contributed by atoms with van der Waals surface area (Å²) in [7, 11) is 2.47. The van der Waals surface area contributed by atoms with Crippen LogP contribution in [0.1, 0.15) is 34.6 Å². The molecule has 0 unspecified atom stereocenters. The van der Waals surface area contributed by atoms with Gasteiger partial charge in [0.2, 0.25) is 0 Å². The van der Waals surface area contributed by atoms with Gasteiger partial charge in [-0.25, -0.2) is 0 Å². The summed E-state index contributed by atoms with van der Waals surface area (Å²) >= 11 is 0. The number of rotatable bonds is 12. The van der Waals surface area contributed by atoms with E-state index in [1.807, 2.05) is 0 Å². The fraction of sp³-hybridized carbons (Fsp3) is 0.722. The van der Waals surface area contributed by atoms with E-state index in [9.17, 15) is 24.0 Å². The molecular weight excluding hydrogens is 408 g/mol. The summed E-state index contributed by atoms with van der Waals surface area (Å²) in [6.45, 7) is 4.85. The van der Waals surface area contributed by atoms with Crippen molar-refractivity contribution in [3.63, 3.8) is 0 Å².